The number of nitrogens with zero attached hydrogens (tertiary/aromatic N) is 2. The second-order valence-electron chi connectivity index (χ2n) is 8.78. The Morgan fingerprint density at radius 3 is 2.23 bits per heavy atom. The fraction of sp³-hybridized carbons (Fsp3) is 0.259. The predicted molar refractivity (Wildman–Crippen MR) is 143 cm³/mol. The maximum absolute atomic E-state index is 13.7. The van der Waals surface area contributed by atoms with Crippen molar-refractivity contribution in [2.75, 3.05) is 17.9 Å². The van der Waals surface area contributed by atoms with E-state index in [0.29, 0.717) is 21.0 Å². The van der Waals surface area contributed by atoms with Crippen LogP contribution in [0.2, 0.25) is 5.02 Å². The Balaban J connectivity index is 2.11. The number of benzene rings is 3. The molecular weight excluding hydrogens is 555 g/mol. The van der Waals surface area contributed by atoms with Crippen LogP contribution in [0, 0.1) is 6.92 Å². The number of nitrogens with one attached hydrogen (secondary N) is 1. The summed E-state index contributed by atoms with van der Waals surface area (Å²) < 4.78 is 68.5. The summed E-state index contributed by atoms with van der Waals surface area (Å²) in [6.07, 6.45) is -4.75. The highest BCUT2D eigenvalue weighted by molar-refractivity contribution is 7.92. The number of aryl methyl sites for hydroxylation is 1. The van der Waals surface area contributed by atoms with Crippen LogP contribution in [0.15, 0.2) is 77.7 Å². The molecule has 3 aromatic carbocycles. The van der Waals surface area contributed by atoms with Gasteiger partial charge in [0.2, 0.25) is 11.8 Å². The lowest BCUT2D eigenvalue weighted by Crippen LogP contribution is -2.50. The average Bonchev–Trinajstić information content (AvgIpc) is 2.90. The van der Waals surface area contributed by atoms with Crippen LogP contribution in [-0.2, 0) is 32.3 Å². The number of hydrogen-bond acceptors (Lipinski definition) is 4. The van der Waals surface area contributed by atoms with Crippen molar-refractivity contribution < 1.29 is 31.2 Å². The van der Waals surface area contributed by atoms with E-state index in [4.69, 9.17) is 11.6 Å². The first kappa shape index (κ1) is 30.0. The summed E-state index contributed by atoms with van der Waals surface area (Å²) in [6, 6.07) is 15.0. The maximum atomic E-state index is 13.7. The predicted octanol–water partition coefficient (Wildman–Crippen LogP) is 5.03. The molecule has 3 rings (SSSR count). The Morgan fingerprint density at radius 1 is 1.00 bits per heavy atom. The molecule has 2 amide bonds. The topological polar surface area (TPSA) is 86.8 Å². The number of likely N-dealkylation sites (N-methyl/N-ethyl adjacent to an activating group) is 1. The van der Waals surface area contributed by atoms with E-state index in [0.717, 1.165) is 22.6 Å². The molecule has 1 N–H and O–H groups in total. The van der Waals surface area contributed by atoms with Gasteiger partial charge in [-0.05, 0) is 55.8 Å². The van der Waals surface area contributed by atoms with Gasteiger partial charge in [-0.3, -0.25) is 13.9 Å². The molecule has 1 unspecified atom stereocenters. The highest BCUT2D eigenvalue weighted by Gasteiger charge is 2.35. The largest absolute Gasteiger partial charge is 0.416 e. The van der Waals surface area contributed by atoms with Crippen LogP contribution in [0.4, 0.5) is 18.9 Å². The van der Waals surface area contributed by atoms with Crippen molar-refractivity contribution in [3.8, 4) is 0 Å². The van der Waals surface area contributed by atoms with Gasteiger partial charge in [-0.25, -0.2) is 8.42 Å². The molecule has 39 heavy (non-hydrogen) atoms. The molecule has 12 heteroatoms. The summed E-state index contributed by atoms with van der Waals surface area (Å²) in [6.45, 7) is 2.19. The van der Waals surface area contributed by atoms with Gasteiger partial charge < -0.3 is 10.2 Å². The van der Waals surface area contributed by atoms with Crippen molar-refractivity contribution in [3.63, 3.8) is 0 Å². The van der Waals surface area contributed by atoms with Gasteiger partial charge in [0.25, 0.3) is 10.0 Å². The summed E-state index contributed by atoms with van der Waals surface area (Å²) in [7, 11) is -3.12. The van der Waals surface area contributed by atoms with Crippen molar-refractivity contribution in [2.45, 2.75) is 37.5 Å². The summed E-state index contributed by atoms with van der Waals surface area (Å²) in [4.78, 5) is 27.1. The summed E-state index contributed by atoms with van der Waals surface area (Å²) in [5.41, 5.74) is -0.177. The van der Waals surface area contributed by atoms with E-state index < -0.39 is 46.2 Å². The van der Waals surface area contributed by atoms with E-state index in [1.807, 2.05) is 0 Å². The molecule has 0 aromatic heterocycles. The van der Waals surface area contributed by atoms with Crippen LogP contribution < -0.4 is 9.62 Å². The van der Waals surface area contributed by atoms with Gasteiger partial charge in [0.05, 0.1) is 16.1 Å². The zero-order valence-electron chi connectivity index (χ0n) is 21.4. The highest BCUT2D eigenvalue weighted by atomic mass is 35.5. The second kappa shape index (κ2) is 12.1. The number of hydrogen-bond donors (Lipinski definition) is 1. The SMILES string of the molecule is CNC(=O)C(C)N(Cc1ccccc1Cl)C(=O)CN(c1cccc(C(F)(F)F)c1)S(=O)(=O)c1ccc(C)cc1. The van der Waals surface area contributed by atoms with Crippen molar-refractivity contribution in [1.29, 1.82) is 0 Å². The highest BCUT2D eigenvalue weighted by Crippen LogP contribution is 2.33. The van der Waals surface area contributed by atoms with Crippen LogP contribution in [0.3, 0.4) is 0 Å². The molecule has 0 heterocycles. The lowest BCUT2D eigenvalue weighted by Gasteiger charge is -2.32. The Morgan fingerprint density at radius 2 is 1.64 bits per heavy atom. The summed E-state index contributed by atoms with van der Waals surface area (Å²) in [5, 5.41) is 2.77. The second-order valence-corrected chi connectivity index (χ2v) is 11.0. The number of carbonyl (C=O) groups is 2. The molecule has 3 aromatic rings. The van der Waals surface area contributed by atoms with E-state index in [9.17, 15) is 31.2 Å². The molecule has 0 bridgehead atoms. The molecule has 0 spiro atoms. The first-order chi connectivity index (χ1) is 18.3. The molecule has 1 atom stereocenters. The molecule has 0 saturated carbocycles. The zero-order valence-corrected chi connectivity index (χ0v) is 22.9. The van der Waals surface area contributed by atoms with Gasteiger partial charge in [-0.1, -0.05) is 53.6 Å². The minimum atomic E-state index is -4.75. The minimum absolute atomic E-state index is 0.145. The van der Waals surface area contributed by atoms with Crippen molar-refractivity contribution in [3.05, 3.63) is 94.5 Å². The lowest BCUT2D eigenvalue weighted by atomic mass is 10.1. The van der Waals surface area contributed by atoms with Gasteiger partial charge >= 0.3 is 6.18 Å². The third-order valence-electron chi connectivity index (χ3n) is 6.06. The van der Waals surface area contributed by atoms with E-state index >= 15 is 0 Å². The van der Waals surface area contributed by atoms with E-state index in [2.05, 4.69) is 5.32 Å². The lowest BCUT2D eigenvalue weighted by molar-refractivity contribution is -0.139. The monoisotopic (exact) mass is 581 g/mol. The van der Waals surface area contributed by atoms with Crippen LogP contribution in [0.25, 0.3) is 0 Å². The maximum Gasteiger partial charge on any atom is 0.416 e. The smallest absolute Gasteiger partial charge is 0.357 e. The number of alkyl halides is 3. The third kappa shape index (κ3) is 7.10. The molecule has 0 aliphatic heterocycles. The standard InChI is InChI=1S/C27H27ClF3N3O4S/c1-18-11-13-23(14-12-18)39(37,38)34(22-9-6-8-21(15-22)27(29,30)31)17-25(35)33(19(2)26(36)32-3)16-20-7-4-5-10-24(20)28/h4-15,19H,16-17H2,1-3H3,(H,32,36). The number of sulfonamides is 1. The normalized spacial score (nSPS) is 12.5. The quantitative estimate of drug-likeness (QED) is 0.384. The van der Waals surface area contributed by atoms with Crippen molar-refractivity contribution in [2.24, 2.45) is 0 Å². The van der Waals surface area contributed by atoms with Crippen molar-refractivity contribution >= 4 is 39.1 Å². The van der Waals surface area contributed by atoms with Crippen LogP contribution in [0.1, 0.15) is 23.6 Å². The first-order valence-corrected chi connectivity index (χ1v) is 13.6. The Bertz CT molecular complexity index is 1450. The molecule has 0 aliphatic rings. The Kier molecular flexibility index (Phi) is 9.29. The molecule has 0 aliphatic carbocycles. The number of carbonyl (C=O) groups excluding carboxylic acids is 2. The number of halogens is 4. The van der Waals surface area contributed by atoms with E-state index in [1.54, 1.807) is 31.2 Å². The fourth-order valence-corrected chi connectivity index (χ4v) is 5.41. The molecule has 0 saturated heterocycles. The van der Waals surface area contributed by atoms with Gasteiger partial charge in [0, 0.05) is 18.6 Å². The molecule has 7 nitrogen and oxygen atoms in total. The fourth-order valence-electron chi connectivity index (χ4n) is 3.81. The van der Waals surface area contributed by atoms with Gasteiger partial charge in [0.1, 0.15) is 12.6 Å². The zero-order chi connectivity index (χ0) is 29.0. The Hall–Kier alpha value is -3.57. The van der Waals surface area contributed by atoms with Gasteiger partial charge in [0.15, 0.2) is 0 Å². The van der Waals surface area contributed by atoms with E-state index in [1.165, 1.54) is 44.3 Å². The minimum Gasteiger partial charge on any atom is -0.357 e. The van der Waals surface area contributed by atoms with Crippen molar-refractivity contribution in [1.82, 2.24) is 10.2 Å². The molecular formula is C27H27ClF3N3O4S. The third-order valence-corrected chi connectivity index (χ3v) is 8.22. The van der Waals surface area contributed by atoms with Crippen LogP contribution >= 0.6 is 11.6 Å². The molecule has 0 radical (unpaired) electrons. The summed E-state index contributed by atoms with van der Waals surface area (Å²) in [5.74, 6) is -1.35. The number of anilines is 1. The summed E-state index contributed by atoms with van der Waals surface area (Å²) >= 11 is 6.27. The van der Waals surface area contributed by atoms with E-state index in [-0.39, 0.29) is 17.1 Å². The van der Waals surface area contributed by atoms with Crippen LogP contribution in [0.5, 0.6) is 0 Å². The molecule has 208 valence electrons. The average molecular weight is 582 g/mol. The van der Waals surface area contributed by atoms with Gasteiger partial charge in [-0.2, -0.15) is 13.2 Å². The number of amides is 2. The van der Waals surface area contributed by atoms with Gasteiger partial charge in [-0.15, -0.1) is 0 Å². The Labute approximate surface area is 230 Å². The van der Waals surface area contributed by atoms with Crippen LogP contribution in [-0.4, -0.2) is 44.8 Å². The number of rotatable bonds is 9. The first-order valence-electron chi connectivity index (χ1n) is 11.8. The molecule has 0 fully saturated rings.